The molecule has 1 heterocycles. The van der Waals surface area contributed by atoms with Crippen molar-refractivity contribution in [2.75, 3.05) is 5.73 Å². The van der Waals surface area contributed by atoms with Crippen LogP contribution in [0.3, 0.4) is 0 Å². The number of aromatic nitrogens is 2. The van der Waals surface area contributed by atoms with Crippen LogP contribution in [0, 0.1) is 0 Å². The Morgan fingerprint density at radius 3 is 2.43 bits per heavy atom. The molecule has 1 aliphatic carbocycles. The molecule has 2 N–H and O–H groups in total. The molecule has 0 saturated heterocycles. The molecule has 3 nitrogen and oxygen atoms in total. The highest BCUT2D eigenvalue weighted by Crippen LogP contribution is 2.30. The Labute approximate surface area is 89.2 Å². The van der Waals surface area contributed by atoms with Crippen molar-refractivity contribution in [2.24, 2.45) is 0 Å². The van der Waals surface area contributed by atoms with E-state index >= 15 is 0 Å². The first-order valence-corrected chi connectivity index (χ1v) is 5.65. The van der Waals surface area contributed by atoms with Gasteiger partial charge in [0.05, 0.1) is 17.9 Å². The summed E-state index contributed by atoms with van der Waals surface area (Å²) in [6.07, 6.45) is 9.24. The van der Waals surface area contributed by atoms with Crippen LogP contribution in [-0.4, -0.2) is 9.78 Å². The maximum atomic E-state index is 6.07. The van der Waals surface area contributed by atoms with Gasteiger partial charge in [-0.25, -0.2) is 4.68 Å². The van der Waals surface area contributed by atoms with Crippen LogP contribution in [0.2, 0.25) is 5.15 Å². The molecule has 14 heavy (non-hydrogen) atoms. The van der Waals surface area contributed by atoms with Crippen LogP contribution in [0.15, 0.2) is 6.20 Å². The average Bonchev–Trinajstić information content (AvgIpc) is 2.47. The zero-order valence-electron chi connectivity index (χ0n) is 8.25. The summed E-state index contributed by atoms with van der Waals surface area (Å²) in [7, 11) is 0. The normalized spacial score (nSPS) is 19.5. The van der Waals surface area contributed by atoms with Crippen molar-refractivity contribution in [3.8, 4) is 0 Å². The monoisotopic (exact) mass is 213 g/mol. The smallest absolute Gasteiger partial charge is 0.150 e. The van der Waals surface area contributed by atoms with Gasteiger partial charge in [-0.1, -0.05) is 37.3 Å². The molecule has 1 aromatic rings. The van der Waals surface area contributed by atoms with Crippen LogP contribution in [0.4, 0.5) is 5.69 Å². The third kappa shape index (κ3) is 1.87. The number of hydrogen-bond donors (Lipinski definition) is 1. The number of nitrogens with zero attached hydrogens (tertiary/aromatic N) is 2. The zero-order chi connectivity index (χ0) is 9.97. The maximum absolute atomic E-state index is 6.07. The summed E-state index contributed by atoms with van der Waals surface area (Å²) < 4.78 is 1.89. The van der Waals surface area contributed by atoms with E-state index < -0.39 is 0 Å². The second kappa shape index (κ2) is 4.22. The van der Waals surface area contributed by atoms with E-state index in [0.29, 0.717) is 16.9 Å². The van der Waals surface area contributed by atoms with Gasteiger partial charge in [-0.05, 0) is 12.8 Å². The Balaban J connectivity index is 2.16. The van der Waals surface area contributed by atoms with Crippen LogP contribution in [0.25, 0.3) is 0 Å². The van der Waals surface area contributed by atoms with E-state index in [4.69, 9.17) is 17.3 Å². The van der Waals surface area contributed by atoms with Gasteiger partial charge >= 0.3 is 0 Å². The minimum Gasteiger partial charge on any atom is -0.395 e. The fourth-order valence-corrected chi connectivity index (χ4v) is 2.35. The van der Waals surface area contributed by atoms with E-state index in [2.05, 4.69) is 5.10 Å². The molecule has 0 atom stereocenters. The summed E-state index contributed by atoms with van der Waals surface area (Å²) in [5.74, 6) is 0. The van der Waals surface area contributed by atoms with Crippen LogP contribution >= 0.6 is 11.6 Å². The van der Waals surface area contributed by atoms with E-state index in [1.165, 1.54) is 38.5 Å². The lowest BCUT2D eigenvalue weighted by molar-refractivity contribution is 0.406. The first-order valence-electron chi connectivity index (χ1n) is 5.27. The molecule has 0 amide bonds. The fourth-order valence-electron chi connectivity index (χ4n) is 2.12. The van der Waals surface area contributed by atoms with Gasteiger partial charge < -0.3 is 5.73 Å². The van der Waals surface area contributed by atoms with E-state index in [9.17, 15) is 0 Å². The Bertz CT molecular complexity index is 300. The third-order valence-corrected chi connectivity index (χ3v) is 3.32. The molecular formula is C10H16ClN3. The van der Waals surface area contributed by atoms with Gasteiger partial charge in [0.1, 0.15) is 5.15 Å². The Morgan fingerprint density at radius 1 is 1.29 bits per heavy atom. The molecule has 1 aromatic heterocycles. The lowest BCUT2D eigenvalue weighted by atomic mass is 10.1. The van der Waals surface area contributed by atoms with E-state index in [1.54, 1.807) is 6.20 Å². The summed E-state index contributed by atoms with van der Waals surface area (Å²) in [5, 5.41) is 4.85. The van der Waals surface area contributed by atoms with Crippen LogP contribution < -0.4 is 5.73 Å². The Kier molecular flexibility index (Phi) is 2.96. The van der Waals surface area contributed by atoms with Crippen molar-refractivity contribution in [1.29, 1.82) is 0 Å². The maximum Gasteiger partial charge on any atom is 0.150 e. The number of nitrogens with two attached hydrogens (primary N) is 1. The number of rotatable bonds is 1. The largest absolute Gasteiger partial charge is 0.395 e. The molecule has 4 heteroatoms. The summed E-state index contributed by atoms with van der Waals surface area (Å²) >= 11 is 6.07. The second-order valence-corrected chi connectivity index (χ2v) is 4.34. The average molecular weight is 214 g/mol. The molecule has 0 aromatic carbocycles. The molecule has 2 rings (SSSR count). The highest BCUT2D eigenvalue weighted by atomic mass is 35.5. The van der Waals surface area contributed by atoms with Gasteiger partial charge in [0.2, 0.25) is 0 Å². The van der Waals surface area contributed by atoms with Gasteiger partial charge in [0, 0.05) is 0 Å². The fraction of sp³-hybridized carbons (Fsp3) is 0.700. The quantitative estimate of drug-likeness (QED) is 0.729. The molecular weight excluding hydrogens is 198 g/mol. The third-order valence-electron chi connectivity index (χ3n) is 2.93. The van der Waals surface area contributed by atoms with Gasteiger partial charge in [0.15, 0.2) is 0 Å². The SMILES string of the molecule is Nc1cnn(C2CCCCCC2)c1Cl. The van der Waals surface area contributed by atoms with Crippen molar-refractivity contribution >= 4 is 17.3 Å². The lowest BCUT2D eigenvalue weighted by Gasteiger charge is -2.15. The molecule has 0 radical (unpaired) electrons. The minimum atomic E-state index is 0.460. The lowest BCUT2D eigenvalue weighted by Crippen LogP contribution is -2.09. The van der Waals surface area contributed by atoms with Crippen LogP contribution in [0.1, 0.15) is 44.6 Å². The van der Waals surface area contributed by atoms with Crippen molar-refractivity contribution in [3.63, 3.8) is 0 Å². The van der Waals surface area contributed by atoms with Crippen molar-refractivity contribution < 1.29 is 0 Å². The highest BCUT2D eigenvalue weighted by molar-refractivity contribution is 6.32. The van der Waals surface area contributed by atoms with Crippen LogP contribution in [0.5, 0.6) is 0 Å². The van der Waals surface area contributed by atoms with Crippen LogP contribution in [-0.2, 0) is 0 Å². The van der Waals surface area contributed by atoms with E-state index in [0.717, 1.165) is 0 Å². The molecule has 78 valence electrons. The molecule has 0 bridgehead atoms. The first-order chi connectivity index (χ1) is 6.79. The minimum absolute atomic E-state index is 0.460. The number of nitrogen functional groups attached to an aromatic ring is 1. The number of hydrogen-bond acceptors (Lipinski definition) is 2. The highest BCUT2D eigenvalue weighted by Gasteiger charge is 2.17. The van der Waals surface area contributed by atoms with Crippen molar-refractivity contribution in [3.05, 3.63) is 11.3 Å². The zero-order valence-corrected chi connectivity index (χ0v) is 9.00. The predicted molar refractivity (Wildman–Crippen MR) is 58.4 cm³/mol. The van der Waals surface area contributed by atoms with Gasteiger partial charge in [0.25, 0.3) is 0 Å². The Morgan fingerprint density at radius 2 is 1.93 bits per heavy atom. The number of anilines is 1. The van der Waals surface area contributed by atoms with E-state index in [-0.39, 0.29) is 0 Å². The topological polar surface area (TPSA) is 43.8 Å². The number of halogens is 1. The predicted octanol–water partition coefficient (Wildman–Crippen LogP) is 3.01. The summed E-state index contributed by atoms with van der Waals surface area (Å²) in [6.45, 7) is 0. The van der Waals surface area contributed by atoms with Gasteiger partial charge in [-0.15, -0.1) is 0 Å². The van der Waals surface area contributed by atoms with E-state index in [1.807, 2.05) is 4.68 Å². The second-order valence-electron chi connectivity index (χ2n) is 3.98. The molecule has 0 unspecified atom stereocenters. The molecule has 1 saturated carbocycles. The molecule has 1 aliphatic rings. The first kappa shape index (κ1) is 9.84. The Hall–Kier alpha value is -0.700. The molecule has 0 spiro atoms. The molecule has 1 fully saturated rings. The summed E-state index contributed by atoms with van der Waals surface area (Å²) in [5.41, 5.74) is 6.26. The van der Waals surface area contributed by atoms with Crippen molar-refractivity contribution in [1.82, 2.24) is 9.78 Å². The van der Waals surface area contributed by atoms with Gasteiger partial charge in [-0.2, -0.15) is 5.10 Å². The molecule has 0 aliphatic heterocycles. The summed E-state index contributed by atoms with van der Waals surface area (Å²) in [6, 6.07) is 0.460. The van der Waals surface area contributed by atoms with Gasteiger partial charge in [-0.3, -0.25) is 0 Å². The standard InChI is InChI=1S/C10H16ClN3/c11-10-9(12)7-13-14(10)8-5-3-1-2-4-6-8/h7-8H,1-6,12H2. The summed E-state index contributed by atoms with van der Waals surface area (Å²) in [4.78, 5) is 0. The van der Waals surface area contributed by atoms with Crippen molar-refractivity contribution in [2.45, 2.75) is 44.6 Å².